The van der Waals surface area contributed by atoms with Gasteiger partial charge < -0.3 is 10.6 Å². The number of carbonyl (C=O) groups excluding carboxylic acids is 2. The molecule has 0 saturated heterocycles. The van der Waals surface area contributed by atoms with Gasteiger partial charge >= 0.3 is 0 Å². The van der Waals surface area contributed by atoms with Gasteiger partial charge in [-0.25, -0.2) is 0 Å². The zero-order chi connectivity index (χ0) is 21.2. The summed E-state index contributed by atoms with van der Waals surface area (Å²) in [5.74, 6) is 0.752. The van der Waals surface area contributed by atoms with Crippen LogP contribution in [0.2, 0.25) is 0 Å². The van der Waals surface area contributed by atoms with E-state index in [0.29, 0.717) is 22.7 Å². The average Bonchev–Trinajstić information content (AvgIpc) is 2.95. The van der Waals surface area contributed by atoms with Crippen LogP contribution >= 0.6 is 0 Å². The van der Waals surface area contributed by atoms with Crippen LogP contribution in [0.15, 0.2) is 72.8 Å². The van der Waals surface area contributed by atoms with Gasteiger partial charge in [-0.1, -0.05) is 42.5 Å². The second-order valence-corrected chi connectivity index (χ2v) is 8.66. The number of Topliss-reactive ketones (excluding diaryl/α,β-unsaturated/α-hetero) is 1. The summed E-state index contributed by atoms with van der Waals surface area (Å²) in [5.41, 5.74) is 4.90. The average molecular weight is 411 g/mol. The highest BCUT2D eigenvalue weighted by Gasteiger charge is 2.28. The minimum atomic E-state index is -0.159. The summed E-state index contributed by atoms with van der Waals surface area (Å²) in [6, 6.07) is 23.6. The molecule has 4 heteroatoms. The maximum Gasteiger partial charge on any atom is 0.257 e. The third kappa shape index (κ3) is 4.11. The van der Waals surface area contributed by atoms with Crippen LogP contribution in [0.5, 0.6) is 0 Å². The van der Waals surface area contributed by atoms with E-state index in [4.69, 9.17) is 0 Å². The maximum absolute atomic E-state index is 13.2. The Kier molecular flexibility index (Phi) is 5.29. The molecule has 1 fully saturated rings. The number of anilines is 3. The van der Waals surface area contributed by atoms with E-state index < -0.39 is 0 Å². The standard InChI is InChI=1S/C27H26N2O2/c30-26(20-12-10-19(11-13-20)16-18-6-2-1-3-7-18)21-14-15-24-25(17-21)29-27(31)22-8-4-5-9-23(22)28-24/h1-9,14-15,17,19-20,28H,10-13,16H2,(H,29,31). The van der Waals surface area contributed by atoms with E-state index in [0.717, 1.165) is 43.5 Å². The summed E-state index contributed by atoms with van der Waals surface area (Å²) >= 11 is 0. The van der Waals surface area contributed by atoms with Gasteiger partial charge in [-0.2, -0.15) is 0 Å². The molecule has 3 aromatic rings. The van der Waals surface area contributed by atoms with Crippen LogP contribution in [0.25, 0.3) is 0 Å². The van der Waals surface area contributed by atoms with Gasteiger partial charge in [-0.15, -0.1) is 0 Å². The van der Waals surface area contributed by atoms with Crippen LogP contribution in [0.1, 0.15) is 52.0 Å². The van der Waals surface area contributed by atoms with Gasteiger partial charge in [0.1, 0.15) is 0 Å². The Bertz CT molecular complexity index is 1120. The molecule has 2 aliphatic rings. The van der Waals surface area contributed by atoms with Crippen molar-refractivity contribution in [3.63, 3.8) is 0 Å². The van der Waals surface area contributed by atoms with E-state index in [-0.39, 0.29) is 17.6 Å². The van der Waals surface area contributed by atoms with E-state index >= 15 is 0 Å². The Hall–Kier alpha value is -3.40. The lowest BCUT2D eigenvalue weighted by molar-refractivity contribution is 0.0871. The molecule has 0 bridgehead atoms. The first-order valence-electron chi connectivity index (χ1n) is 11.1. The Morgan fingerprint density at radius 2 is 1.52 bits per heavy atom. The van der Waals surface area contributed by atoms with Crippen LogP contribution in [0, 0.1) is 11.8 Å². The van der Waals surface area contributed by atoms with Crippen molar-refractivity contribution in [3.8, 4) is 0 Å². The number of nitrogens with one attached hydrogen (secondary N) is 2. The fraction of sp³-hybridized carbons (Fsp3) is 0.259. The number of hydrogen-bond donors (Lipinski definition) is 2. The van der Waals surface area contributed by atoms with Crippen molar-refractivity contribution in [2.24, 2.45) is 11.8 Å². The third-order valence-corrected chi connectivity index (χ3v) is 6.58. The summed E-state index contributed by atoms with van der Waals surface area (Å²) in [6.07, 6.45) is 5.14. The predicted molar refractivity (Wildman–Crippen MR) is 124 cm³/mol. The minimum Gasteiger partial charge on any atom is -0.353 e. The van der Waals surface area contributed by atoms with Gasteiger partial charge in [-0.05, 0) is 73.9 Å². The summed E-state index contributed by atoms with van der Waals surface area (Å²) in [7, 11) is 0. The van der Waals surface area contributed by atoms with Gasteiger partial charge in [0.15, 0.2) is 5.78 Å². The molecule has 1 amide bonds. The van der Waals surface area contributed by atoms with Crippen LogP contribution < -0.4 is 10.6 Å². The van der Waals surface area contributed by atoms with Gasteiger partial charge in [0.25, 0.3) is 5.91 Å². The van der Waals surface area contributed by atoms with Crippen molar-refractivity contribution in [2.75, 3.05) is 10.6 Å². The van der Waals surface area contributed by atoms with Gasteiger partial charge in [0, 0.05) is 11.5 Å². The quantitative estimate of drug-likeness (QED) is 0.502. The van der Waals surface area contributed by atoms with Gasteiger partial charge in [0.05, 0.1) is 22.6 Å². The minimum absolute atomic E-state index is 0.0664. The zero-order valence-electron chi connectivity index (χ0n) is 17.4. The zero-order valence-corrected chi connectivity index (χ0v) is 17.4. The number of amides is 1. The summed E-state index contributed by atoms with van der Waals surface area (Å²) < 4.78 is 0. The van der Waals surface area contributed by atoms with Gasteiger partial charge in [0.2, 0.25) is 0 Å². The lowest BCUT2D eigenvalue weighted by atomic mass is 9.76. The first-order valence-corrected chi connectivity index (χ1v) is 11.1. The van der Waals surface area contributed by atoms with Crippen LogP contribution in [0.3, 0.4) is 0 Å². The molecule has 4 nitrogen and oxygen atoms in total. The summed E-state index contributed by atoms with van der Waals surface area (Å²) in [5, 5.41) is 6.27. The Morgan fingerprint density at radius 1 is 0.774 bits per heavy atom. The first kappa shape index (κ1) is 19.6. The van der Waals surface area contributed by atoms with Crippen molar-refractivity contribution >= 4 is 28.8 Å². The van der Waals surface area contributed by atoms with Crippen molar-refractivity contribution in [1.29, 1.82) is 0 Å². The number of benzene rings is 3. The highest BCUT2D eigenvalue weighted by atomic mass is 16.1. The molecule has 31 heavy (non-hydrogen) atoms. The van der Waals surface area contributed by atoms with Crippen molar-refractivity contribution in [3.05, 3.63) is 89.5 Å². The Labute approximate surface area is 182 Å². The molecule has 3 aromatic carbocycles. The topological polar surface area (TPSA) is 58.2 Å². The molecule has 156 valence electrons. The smallest absolute Gasteiger partial charge is 0.257 e. The van der Waals surface area contributed by atoms with E-state index in [9.17, 15) is 9.59 Å². The summed E-state index contributed by atoms with van der Waals surface area (Å²) in [4.78, 5) is 25.8. The van der Waals surface area contributed by atoms with Crippen LogP contribution in [-0.4, -0.2) is 11.7 Å². The second kappa shape index (κ2) is 8.38. The van der Waals surface area contributed by atoms with Crippen LogP contribution in [0.4, 0.5) is 17.1 Å². The van der Waals surface area contributed by atoms with E-state index in [2.05, 4.69) is 41.0 Å². The highest BCUT2D eigenvalue weighted by Crippen LogP contribution is 2.36. The van der Waals surface area contributed by atoms with E-state index in [1.807, 2.05) is 36.4 Å². The molecule has 1 heterocycles. The fourth-order valence-electron chi connectivity index (χ4n) is 4.85. The van der Waals surface area contributed by atoms with E-state index in [1.165, 1.54) is 5.56 Å². The van der Waals surface area contributed by atoms with Crippen molar-refractivity contribution in [2.45, 2.75) is 32.1 Å². The monoisotopic (exact) mass is 410 g/mol. The molecule has 5 rings (SSSR count). The highest BCUT2D eigenvalue weighted by molar-refractivity contribution is 6.13. The fourth-order valence-corrected chi connectivity index (χ4v) is 4.85. The number of rotatable bonds is 4. The predicted octanol–water partition coefficient (Wildman–Crippen LogP) is 6.23. The van der Waals surface area contributed by atoms with Crippen molar-refractivity contribution < 1.29 is 9.59 Å². The lowest BCUT2D eigenvalue weighted by Gasteiger charge is -2.28. The number of fused-ring (bicyclic) bond motifs is 2. The van der Waals surface area contributed by atoms with Crippen LogP contribution in [-0.2, 0) is 6.42 Å². The molecule has 2 N–H and O–H groups in total. The number of hydrogen-bond acceptors (Lipinski definition) is 3. The SMILES string of the molecule is O=C1Nc2cc(C(=O)C3CCC(Cc4ccccc4)CC3)ccc2Nc2ccccc21. The summed E-state index contributed by atoms with van der Waals surface area (Å²) in [6.45, 7) is 0. The lowest BCUT2D eigenvalue weighted by Crippen LogP contribution is -2.23. The number of carbonyl (C=O) groups is 2. The molecule has 1 saturated carbocycles. The Morgan fingerprint density at radius 3 is 2.32 bits per heavy atom. The number of ketones is 1. The van der Waals surface area contributed by atoms with E-state index in [1.54, 1.807) is 6.07 Å². The molecule has 0 aromatic heterocycles. The molecule has 1 aliphatic heterocycles. The molecule has 1 aliphatic carbocycles. The largest absolute Gasteiger partial charge is 0.353 e. The van der Waals surface area contributed by atoms with Gasteiger partial charge in [-0.3, -0.25) is 9.59 Å². The first-order chi connectivity index (χ1) is 15.2. The second-order valence-electron chi connectivity index (χ2n) is 8.66. The maximum atomic E-state index is 13.2. The molecular formula is C27H26N2O2. The molecule has 0 radical (unpaired) electrons. The third-order valence-electron chi connectivity index (χ3n) is 6.58. The number of para-hydroxylation sites is 1. The molecular weight excluding hydrogens is 384 g/mol. The normalized spacial score (nSPS) is 19.9. The molecule has 0 spiro atoms. The Balaban J connectivity index is 1.27. The van der Waals surface area contributed by atoms with Crippen molar-refractivity contribution in [1.82, 2.24) is 0 Å². The molecule has 0 unspecified atom stereocenters. The molecule has 0 atom stereocenters.